The minimum absolute atomic E-state index is 0.0757. The molecule has 1 aromatic heterocycles. The Morgan fingerprint density at radius 3 is 2.74 bits per heavy atom. The molecule has 1 fully saturated rings. The number of aromatic nitrogens is 2. The molecule has 0 spiro atoms. The largest absolute Gasteiger partial charge is 0.480 e. The van der Waals surface area contributed by atoms with Crippen molar-refractivity contribution in [3.05, 3.63) is 17.5 Å². The minimum atomic E-state index is -0.946. The van der Waals surface area contributed by atoms with E-state index in [-0.39, 0.29) is 11.3 Å². The van der Waals surface area contributed by atoms with Gasteiger partial charge in [0.05, 0.1) is 17.1 Å². The second-order valence-corrected chi connectivity index (χ2v) is 5.74. The Balaban J connectivity index is 2.34. The fourth-order valence-electron chi connectivity index (χ4n) is 2.19. The molecule has 2 unspecified atom stereocenters. The fraction of sp³-hybridized carbons (Fsp3) is 0.583. The summed E-state index contributed by atoms with van der Waals surface area (Å²) in [5.74, 6) is -0.744. The molecule has 6 nitrogen and oxygen atoms in total. The van der Waals surface area contributed by atoms with Crippen molar-refractivity contribution in [2.45, 2.75) is 31.7 Å². The van der Waals surface area contributed by atoms with Crippen molar-refractivity contribution in [3.8, 4) is 0 Å². The Morgan fingerprint density at radius 1 is 1.58 bits per heavy atom. The van der Waals surface area contributed by atoms with E-state index in [0.29, 0.717) is 11.3 Å². The van der Waals surface area contributed by atoms with Gasteiger partial charge in [-0.05, 0) is 13.3 Å². The standard InChI is InChI=1S/C12H17N3O3S/c1-4-10-15(9(6-19-10)12(17)18)11(16)8-5-13-14(3)7(8)2/h5,9-10H,4,6H2,1-3H3,(H,17,18). The van der Waals surface area contributed by atoms with Gasteiger partial charge in [-0.25, -0.2) is 4.79 Å². The Kier molecular flexibility index (Phi) is 3.84. The first kappa shape index (κ1) is 13.9. The molecule has 0 radical (unpaired) electrons. The summed E-state index contributed by atoms with van der Waals surface area (Å²) < 4.78 is 1.62. The van der Waals surface area contributed by atoms with Gasteiger partial charge < -0.3 is 10.0 Å². The first-order valence-corrected chi connectivity index (χ1v) is 7.17. The van der Waals surface area contributed by atoms with E-state index in [1.807, 2.05) is 6.92 Å². The molecule has 1 N–H and O–H groups in total. The molecule has 0 bridgehead atoms. The Labute approximate surface area is 115 Å². The molecule has 19 heavy (non-hydrogen) atoms. The lowest BCUT2D eigenvalue weighted by molar-refractivity contribution is -0.141. The van der Waals surface area contributed by atoms with Crippen LogP contribution >= 0.6 is 11.8 Å². The number of thioether (sulfide) groups is 1. The summed E-state index contributed by atoms with van der Waals surface area (Å²) in [4.78, 5) is 25.3. The minimum Gasteiger partial charge on any atom is -0.480 e. The number of carboxylic acids is 1. The maximum absolute atomic E-state index is 12.6. The van der Waals surface area contributed by atoms with Crippen molar-refractivity contribution < 1.29 is 14.7 Å². The number of hydrogen-bond donors (Lipinski definition) is 1. The van der Waals surface area contributed by atoms with Crippen LogP contribution in [0.3, 0.4) is 0 Å². The summed E-state index contributed by atoms with van der Waals surface area (Å²) in [6.07, 6.45) is 2.24. The smallest absolute Gasteiger partial charge is 0.327 e. The number of carboxylic acid groups (broad SMARTS) is 1. The molecule has 1 aliphatic heterocycles. The normalized spacial score (nSPS) is 22.8. The van der Waals surface area contributed by atoms with Crippen LogP contribution in [0.25, 0.3) is 0 Å². The maximum Gasteiger partial charge on any atom is 0.327 e. The fourth-order valence-corrected chi connectivity index (χ4v) is 3.53. The second-order valence-electron chi connectivity index (χ2n) is 4.53. The number of aliphatic carboxylic acids is 1. The summed E-state index contributed by atoms with van der Waals surface area (Å²) in [6.45, 7) is 3.76. The summed E-state index contributed by atoms with van der Waals surface area (Å²) in [7, 11) is 1.76. The summed E-state index contributed by atoms with van der Waals surface area (Å²) in [5.41, 5.74) is 1.23. The van der Waals surface area contributed by atoms with Gasteiger partial charge in [-0.15, -0.1) is 11.8 Å². The predicted octanol–water partition coefficient (Wildman–Crippen LogP) is 1.11. The van der Waals surface area contributed by atoms with E-state index in [0.717, 1.165) is 12.1 Å². The number of nitrogens with zero attached hydrogens (tertiary/aromatic N) is 3. The highest BCUT2D eigenvalue weighted by atomic mass is 32.2. The van der Waals surface area contributed by atoms with Crippen molar-refractivity contribution in [2.75, 3.05) is 5.75 Å². The van der Waals surface area contributed by atoms with Crippen LogP contribution in [-0.2, 0) is 11.8 Å². The van der Waals surface area contributed by atoms with Crippen molar-refractivity contribution in [2.24, 2.45) is 7.05 Å². The third-order valence-corrected chi connectivity index (χ3v) is 4.88. The molecule has 104 valence electrons. The van der Waals surface area contributed by atoms with Crippen molar-refractivity contribution in [1.82, 2.24) is 14.7 Å². The highest BCUT2D eigenvalue weighted by molar-refractivity contribution is 8.00. The number of carbonyl (C=O) groups is 2. The quantitative estimate of drug-likeness (QED) is 0.899. The molecule has 2 rings (SSSR count). The van der Waals surface area contributed by atoms with Crippen LogP contribution in [-0.4, -0.2) is 48.8 Å². The molecular weight excluding hydrogens is 266 g/mol. The molecule has 1 amide bonds. The lowest BCUT2D eigenvalue weighted by Crippen LogP contribution is -2.45. The van der Waals surface area contributed by atoms with Crippen molar-refractivity contribution in [3.63, 3.8) is 0 Å². The van der Waals surface area contributed by atoms with Gasteiger partial charge in [-0.2, -0.15) is 5.10 Å². The van der Waals surface area contributed by atoms with E-state index in [1.165, 1.54) is 22.9 Å². The molecule has 2 atom stereocenters. The van der Waals surface area contributed by atoms with Crippen LogP contribution in [0.15, 0.2) is 6.20 Å². The SMILES string of the molecule is CCC1SCC(C(=O)O)N1C(=O)c1cnn(C)c1C. The zero-order valence-corrected chi connectivity index (χ0v) is 12.0. The van der Waals surface area contributed by atoms with Crippen LogP contribution in [0.1, 0.15) is 29.4 Å². The van der Waals surface area contributed by atoms with Gasteiger partial charge in [0.15, 0.2) is 0 Å². The number of hydrogen-bond acceptors (Lipinski definition) is 4. The highest BCUT2D eigenvalue weighted by Gasteiger charge is 2.41. The molecule has 1 aromatic rings. The third kappa shape index (κ3) is 2.34. The average Bonchev–Trinajstić information content (AvgIpc) is 2.94. The summed E-state index contributed by atoms with van der Waals surface area (Å²) >= 11 is 1.52. The first-order chi connectivity index (χ1) is 8.97. The highest BCUT2D eigenvalue weighted by Crippen LogP contribution is 2.33. The molecule has 0 aromatic carbocycles. The van der Waals surface area contributed by atoms with E-state index < -0.39 is 12.0 Å². The monoisotopic (exact) mass is 283 g/mol. The van der Waals surface area contributed by atoms with E-state index in [9.17, 15) is 14.7 Å². The van der Waals surface area contributed by atoms with Gasteiger partial charge in [0, 0.05) is 18.5 Å². The van der Waals surface area contributed by atoms with E-state index in [1.54, 1.807) is 18.7 Å². The lowest BCUT2D eigenvalue weighted by atomic mass is 10.2. The number of carbonyl (C=O) groups excluding carboxylic acids is 1. The molecule has 2 heterocycles. The Hall–Kier alpha value is -1.50. The average molecular weight is 283 g/mol. The molecule has 7 heteroatoms. The van der Waals surface area contributed by atoms with Crippen LogP contribution in [0, 0.1) is 6.92 Å². The number of rotatable bonds is 3. The van der Waals surface area contributed by atoms with Gasteiger partial charge in [0.25, 0.3) is 5.91 Å². The van der Waals surface area contributed by atoms with E-state index in [2.05, 4.69) is 5.10 Å². The van der Waals surface area contributed by atoms with Gasteiger partial charge in [0.1, 0.15) is 6.04 Å². The molecule has 0 saturated carbocycles. The maximum atomic E-state index is 12.6. The zero-order valence-electron chi connectivity index (χ0n) is 11.2. The van der Waals surface area contributed by atoms with Crippen LogP contribution < -0.4 is 0 Å². The third-order valence-electron chi connectivity index (χ3n) is 3.43. The molecular formula is C12H17N3O3S. The summed E-state index contributed by atoms with van der Waals surface area (Å²) in [5, 5.41) is 13.2. The molecule has 1 saturated heterocycles. The van der Waals surface area contributed by atoms with Crippen LogP contribution in [0.4, 0.5) is 0 Å². The zero-order chi connectivity index (χ0) is 14.2. The topological polar surface area (TPSA) is 75.4 Å². The lowest BCUT2D eigenvalue weighted by Gasteiger charge is -2.26. The van der Waals surface area contributed by atoms with Crippen molar-refractivity contribution in [1.29, 1.82) is 0 Å². The molecule has 0 aliphatic carbocycles. The first-order valence-electron chi connectivity index (χ1n) is 6.13. The van der Waals surface area contributed by atoms with Gasteiger partial charge >= 0.3 is 5.97 Å². The molecule has 1 aliphatic rings. The van der Waals surface area contributed by atoms with Crippen LogP contribution in [0.2, 0.25) is 0 Å². The Bertz CT molecular complexity index is 514. The van der Waals surface area contributed by atoms with Gasteiger partial charge in [-0.1, -0.05) is 6.92 Å². The van der Waals surface area contributed by atoms with Gasteiger partial charge in [0.2, 0.25) is 0 Å². The number of amides is 1. The summed E-state index contributed by atoms with van der Waals surface area (Å²) in [6, 6.07) is -0.748. The van der Waals surface area contributed by atoms with Crippen molar-refractivity contribution >= 4 is 23.6 Å². The van der Waals surface area contributed by atoms with Gasteiger partial charge in [-0.3, -0.25) is 9.48 Å². The Morgan fingerprint density at radius 2 is 2.26 bits per heavy atom. The predicted molar refractivity (Wildman–Crippen MR) is 72.1 cm³/mol. The van der Waals surface area contributed by atoms with Crippen LogP contribution in [0.5, 0.6) is 0 Å². The van der Waals surface area contributed by atoms with E-state index in [4.69, 9.17) is 0 Å². The van der Waals surface area contributed by atoms with E-state index >= 15 is 0 Å². The number of aryl methyl sites for hydroxylation is 1. The second kappa shape index (κ2) is 5.24.